The zero-order chi connectivity index (χ0) is 21.5. The monoisotopic (exact) mass is 476 g/mol. The van der Waals surface area contributed by atoms with Crippen LogP contribution < -0.4 is 5.73 Å². The van der Waals surface area contributed by atoms with E-state index in [0.29, 0.717) is 5.82 Å². The van der Waals surface area contributed by atoms with Crippen LogP contribution in [-0.2, 0) is 4.74 Å². The van der Waals surface area contributed by atoms with Crippen LogP contribution in [0.3, 0.4) is 0 Å². The molecular weight excluding hydrogens is 452 g/mol. The Bertz CT molecular complexity index is 1110. The summed E-state index contributed by atoms with van der Waals surface area (Å²) in [5.74, 6) is 0.756. The van der Waals surface area contributed by atoms with Gasteiger partial charge < -0.3 is 10.5 Å². The number of hydrogen-bond acceptors (Lipinski definition) is 5. The highest BCUT2D eigenvalue weighted by Gasteiger charge is 2.29. The van der Waals surface area contributed by atoms with E-state index in [4.69, 9.17) is 10.5 Å². The summed E-state index contributed by atoms with van der Waals surface area (Å²) in [6, 6.07) is 3.95. The van der Waals surface area contributed by atoms with Gasteiger partial charge in [0.15, 0.2) is 5.82 Å². The van der Waals surface area contributed by atoms with Crippen LogP contribution in [-0.4, -0.2) is 27.6 Å². The number of ether oxygens (including phenoxy) is 1. The van der Waals surface area contributed by atoms with E-state index >= 15 is 0 Å². The van der Waals surface area contributed by atoms with Crippen LogP contribution in [0.4, 0.5) is 10.6 Å². The van der Waals surface area contributed by atoms with Crippen molar-refractivity contribution in [2.75, 3.05) is 0 Å². The first-order chi connectivity index (χ1) is 13.5. The fourth-order valence-corrected chi connectivity index (χ4v) is 5.05. The van der Waals surface area contributed by atoms with Crippen LogP contribution in [0.5, 0.6) is 0 Å². The summed E-state index contributed by atoms with van der Waals surface area (Å²) < 4.78 is 9.44. The maximum absolute atomic E-state index is 13.2. The minimum atomic E-state index is -0.607. The summed E-state index contributed by atoms with van der Waals surface area (Å²) in [6.45, 7) is 11.8. The number of rotatable bonds is 3. The molecule has 0 aliphatic carbocycles. The molecule has 29 heavy (non-hydrogen) atoms. The van der Waals surface area contributed by atoms with Gasteiger partial charge in [-0.1, -0.05) is 13.8 Å². The number of nitrogens with zero attached hydrogens (tertiary/aromatic N) is 3. The Morgan fingerprint density at radius 2 is 2.07 bits per heavy atom. The molecule has 0 aromatic carbocycles. The molecular formula is C21H25BrN4O2S. The summed E-state index contributed by atoms with van der Waals surface area (Å²) in [7, 11) is 0. The van der Waals surface area contributed by atoms with Gasteiger partial charge in [0.2, 0.25) is 0 Å². The molecule has 2 N–H and O–H groups in total. The fraction of sp³-hybridized carbons (Fsp3) is 0.381. The Balaban J connectivity index is 2.34. The number of fused-ring (bicyclic) bond motifs is 1. The standard InChI is InChI=1S/C21H25BrN4O2S/c1-11(2)16-17(13-7-12(3)19(24-9-13)25-10-23)26(20(27)28-21(4,5)6)14-8-15(22)29-18(14)16/h7-11H,1-6H3,(H2,23,24,25). The predicted octanol–water partition coefficient (Wildman–Crippen LogP) is 6.36. The molecule has 6 nitrogen and oxygen atoms in total. The van der Waals surface area contributed by atoms with Crippen LogP contribution in [0, 0.1) is 6.92 Å². The van der Waals surface area contributed by atoms with Crippen LogP contribution in [0.2, 0.25) is 0 Å². The topological polar surface area (TPSA) is 82.5 Å². The number of carbonyl (C=O) groups excluding carboxylic acids is 1. The SMILES string of the molecule is Cc1cc(-c2c(C(C)C)c3sc(Br)cc3n2C(=O)OC(C)(C)C)cnc1N=CN. The number of nitrogens with two attached hydrogens (primary N) is 1. The zero-order valence-corrected chi connectivity index (χ0v) is 19.8. The van der Waals surface area contributed by atoms with Gasteiger partial charge in [-0.15, -0.1) is 11.3 Å². The molecule has 0 unspecified atom stereocenters. The maximum Gasteiger partial charge on any atom is 0.419 e. The molecule has 0 bridgehead atoms. The van der Waals surface area contributed by atoms with Crippen LogP contribution in [0.1, 0.15) is 51.7 Å². The number of hydrogen-bond donors (Lipinski definition) is 1. The van der Waals surface area contributed by atoms with E-state index in [0.717, 1.165) is 36.4 Å². The zero-order valence-electron chi connectivity index (χ0n) is 17.4. The lowest BCUT2D eigenvalue weighted by Crippen LogP contribution is -2.27. The smallest absolute Gasteiger partial charge is 0.419 e. The molecule has 0 saturated carbocycles. The van der Waals surface area contributed by atoms with Crippen molar-refractivity contribution in [1.82, 2.24) is 9.55 Å². The first-order valence-corrected chi connectivity index (χ1v) is 10.9. The third-order valence-electron chi connectivity index (χ3n) is 4.32. The van der Waals surface area contributed by atoms with E-state index in [9.17, 15) is 4.79 Å². The highest BCUT2D eigenvalue weighted by atomic mass is 79.9. The van der Waals surface area contributed by atoms with Crippen molar-refractivity contribution in [3.63, 3.8) is 0 Å². The van der Waals surface area contributed by atoms with Crippen molar-refractivity contribution >= 4 is 55.7 Å². The molecule has 8 heteroatoms. The summed E-state index contributed by atoms with van der Waals surface area (Å²) in [5, 5.41) is 0. The third-order valence-corrected chi connectivity index (χ3v) is 5.98. The van der Waals surface area contributed by atoms with Gasteiger partial charge in [-0.3, -0.25) is 0 Å². The van der Waals surface area contributed by atoms with Crippen molar-refractivity contribution in [2.45, 2.75) is 53.1 Å². The lowest BCUT2D eigenvalue weighted by Gasteiger charge is -2.21. The van der Waals surface area contributed by atoms with E-state index in [2.05, 4.69) is 39.8 Å². The molecule has 3 aromatic heterocycles. The van der Waals surface area contributed by atoms with E-state index in [1.165, 1.54) is 6.34 Å². The van der Waals surface area contributed by atoms with Crippen LogP contribution in [0.15, 0.2) is 27.1 Å². The van der Waals surface area contributed by atoms with E-state index < -0.39 is 11.7 Å². The second kappa shape index (κ2) is 7.91. The Labute approximate surface area is 182 Å². The normalized spacial score (nSPS) is 12.4. The largest absolute Gasteiger partial charge is 0.443 e. The van der Waals surface area contributed by atoms with Crippen molar-refractivity contribution in [1.29, 1.82) is 0 Å². The summed E-state index contributed by atoms with van der Waals surface area (Å²) in [6.07, 6.45) is 2.55. The summed E-state index contributed by atoms with van der Waals surface area (Å²) in [5.41, 5.74) is 9.26. The molecule has 0 radical (unpaired) electrons. The van der Waals surface area contributed by atoms with Gasteiger partial charge in [0.25, 0.3) is 0 Å². The molecule has 0 atom stereocenters. The molecule has 154 valence electrons. The lowest BCUT2D eigenvalue weighted by atomic mass is 9.99. The van der Waals surface area contributed by atoms with Gasteiger partial charge in [-0.25, -0.2) is 19.3 Å². The molecule has 0 amide bonds. The van der Waals surface area contributed by atoms with Crippen molar-refractivity contribution < 1.29 is 9.53 Å². The van der Waals surface area contributed by atoms with Gasteiger partial charge >= 0.3 is 6.09 Å². The molecule has 0 fully saturated rings. The number of thiophene rings is 1. The van der Waals surface area contributed by atoms with Gasteiger partial charge in [0.05, 0.1) is 26.0 Å². The third kappa shape index (κ3) is 4.23. The van der Waals surface area contributed by atoms with Crippen LogP contribution >= 0.6 is 27.3 Å². The van der Waals surface area contributed by atoms with Crippen molar-refractivity contribution in [3.8, 4) is 11.3 Å². The lowest BCUT2D eigenvalue weighted by molar-refractivity contribution is 0.0547. The number of aromatic nitrogens is 2. The molecule has 0 saturated heterocycles. The Morgan fingerprint density at radius 1 is 1.38 bits per heavy atom. The van der Waals surface area contributed by atoms with Crippen molar-refractivity contribution in [3.05, 3.63) is 33.2 Å². The van der Waals surface area contributed by atoms with E-state index in [1.807, 2.05) is 39.8 Å². The first-order valence-electron chi connectivity index (χ1n) is 9.31. The summed E-state index contributed by atoms with van der Waals surface area (Å²) >= 11 is 5.18. The molecule has 3 heterocycles. The Hall–Kier alpha value is -2.19. The highest BCUT2D eigenvalue weighted by molar-refractivity contribution is 9.11. The second-order valence-corrected chi connectivity index (χ2v) is 10.6. The number of aliphatic imine (C=N–C) groups is 1. The average Bonchev–Trinajstić information content (AvgIpc) is 3.09. The highest BCUT2D eigenvalue weighted by Crippen LogP contribution is 2.44. The Kier molecular flexibility index (Phi) is 5.87. The Morgan fingerprint density at radius 3 is 2.62 bits per heavy atom. The number of halogens is 1. The maximum atomic E-state index is 13.2. The minimum absolute atomic E-state index is 0.198. The molecule has 0 aliphatic heterocycles. The number of aryl methyl sites for hydroxylation is 1. The number of carbonyl (C=O) groups is 1. The van der Waals surface area contributed by atoms with E-state index in [1.54, 1.807) is 22.1 Å². The van der Waals surface area contributed by atoms with Gasteiger partial charge in [-0.05, 0) is 72.8 Å². The van der Waals surface area contributed by atoms with E-state index in [-0.39, 0.29) is 5.92 Å². The minimum Gasteiger partial charge on any atom is -0.443 e. The molecule has 0 aliphatic rings. The molecule has 0 spiro atoms. The fourth-order valence-electron chi connectivity index (χ4n) is 3.28. The molecule has 3 rings (SSSR count). The quantitative estimate of drug-likeness (QED) is 0.352. The predicted molar refractivity (Wildman–Crippen MR) is 124 cm³/mol. The summed E-state index contributed by atoms with van der Waals surface area (Å²) in [4.78, 5) is 21.8. The average molecular weight is 477 g/mol. The molecule has 3 aromatic rings. The van der Waals surface area contributed by atoms with Crippen molar-refractivity contribution in [2.24, 2.45) is 10.7 Å². The van der Waals surface area contributed by atoms with Gasteiger partial charge in [-0.2, -0.15) is 0 Å². The number of pyridine rings is 1. The van der Waals surface area contributed by atoms with Gasteiger partial charge in [0, 0.05) is 11.8 Å². The van der Waals surface area contributed by atoms with Crippen LogP contribution in [0.25, 0.3) is 21.5 Å². The second-order valence-electron chi connectivity index (χ2n) is 8.14. The van der Waals surface area contributed by atoms with Gasteiger partial charge in [0.1, 0.15) is 5.60 Å². The first kappa shape index (κ1) is 21.5.